The molecule has 7 heteroatoms. The van der Waals surface area contributed by atoms with Crippen LogP contribution in [0.2, 0.25) is 0 Å². The van der Waals surface area contributed by atoms with E-state index in [2.05, 4.69) is 41.2 Å². The van der Waals surface area contributed by atoms with Crippen LogP contribution in [0.25, 0.3) is 5.65 Å². The molecule has 0 saturated carbocycles. The molecular formula is C11H11BrN6. The number of hydrogen-bond donors (Lipinski definition) is 2. The number of fused-ring (bicyclic) bond motifs is 1. The molecular weight excluding hydrogens is 296 g/mol. The van der Waals surface area contributed by atoms with E-state index >= 15 is 0 Å². The summed E-state index contributed by atoms with van der Waals surface area (Å²) in [5.41, 5.74) is 3.00. The summed E-state index contributed by atoms with van der Waals surface area (Å²) in [6.07, 6.45) is 8.98. The molecule has 0 amide bonds. The molecule has 3 aromatic rings. The smallest absolute Gasteiger partial charge is 0.155 e. The van der Waals surface area contributed by atoms with Gasteiger partial charge in [-0.1, -0.05) is 0 Å². The van der Waals surface area contributed by atoms with Gasteiger partial charge in [-0.15, -0.1) is 0 Å². The fourth-order valence-electron chi connectivity index (χ4n) is 1.75. The van der Waals surface area contributed by atoms with Crippen molar-refractivity contribution in [2.45, 2.75) is 13.1 Å². The lowest BCUT2D eigenvalue weighted by molar-refractivity contribution is 0.665. The van der Waals surface area contributed by atoms with Crippen LogP contribution in [0, 0.1) is 0 Å². The summed E-state index contributed by atoms with van der Waals surface area (Å²) in [5, 5.41) is 3.33. The van der Waals surface area contributed by atoms with Crippen molar-refractivity contribution in [3.63, 3.8) is 0 Å². The van der Waals surface area contributed by atoms with Gasteiger partial charge in [0.25, 0.3) is 0 Å². The predicted octanol–water partition coefficient (Wildman–Crippen LogP) is 1.50. The van der Waals surface area contributed by atoms with Crippen LogP contribution >= 0.6 is 15.9 Å². The van der Waals surface area contributed by atoms with Gasteiger partial charge >= 0.3 is 0 Å². The number of aromatic nitrogens is 5. The zero-order valence-corrected chi connectivity index (χ0v) is 11.1. The van der Waals surface area contributed by atoms with E-state index in [0.717, 1.165) is 34.7 Å². The molecule has 3 heterocycles. The third-order valence-corrected chi connectivity index (χ3v) is 3.03. The quantitative estimate of drug-likeness (QED) is 0.766. The standard InChI is InChI=1S/C11H11BrN6/c12-10-6-18-9(4-16-11(18)5-15-10)3-13-1-8-2-14-7-17-8/h2,4-7,13H,1,3H2,(H,14,17). The molecule has 0 aliphatic rings. The van der Waals surface area contributed by atoms with Crippen molar-refractivity contribution in [3.8, 4) is 0 Å². The van der Waals surface area contributed by atoms with Gasteiger partial charge in [0.2, 0.25) is 0 Å². The SMILES string of the molecule is Brc1cn2c(CNCc3cnc[nH]3)cnc2cn1. The highest BCUT2D eigenvalue weighted by Crippen LogP contribution is 2.10. The normalized spacial score (nSPS) is 11.2. The Balaban J connectivity index is 1.72. The summed E-state index contributed by atoms with van der Waals surface area (Å²) >= 11 is 3.36. The van der Waals surface area contributed by atoms with Gasteiger partial charge in [-0.3, -0.25) is 4.40 Å². The van der Waals surface area contributed by atoms with Crippen LogP contribution < -0.4 is 5.32 Å². The van der Waals surface area contributed by atoms with Crippen molar-refractivity contribution < 1.29 is 0 Å². The topological polar surface area (TPSA) is 70.9 Å². The van der Waals surface area contributed by atoms with Crippen molar-refractivity contribution in [2.24, 2.45) is 0 Å². The summed E-state index contributed by atoms with van der Waals surface area (Å²) in [6, 6.07) is 0. The highest BCUT2D eigenvalue weighted by Gasteiger charge is 2.04. The molecule has 0 radical (unpaired) electrons. The highest BCUT2D eigenvalue weighted by atomic mass is 79.9. The predicted molar refractivity (Wildman–Crippen MR) is 69.8 cm³/mol. The van der Waals surface area contributed by atoms with E-state index in [1.54, 1.807) is 12.5 Å². The van der Waals surface area contributed by atoms with Gasteiger partial charge in [-0.2, -0.15) is 0 Å². The molecule has 3 rings (SSSR count). The largest absolute Gasteiger partial charge is 0.347 e. The Morgan fingerprint density at radius 2 is 2.17 bits per heavy atom. The Bertz CT molecular complexity index is 645. The Kier molecular flexibility index (Phi) is 3.07. The molecule has 0 spiro atoms. The van der Waals surface area contributed by atoms with Gasteiger partial charge in [0, 0.05) is 31.2 Å². The zero-order chi connectivity index (χ0) is 12.4. The van der Waals surface area contributed by atoms with Crippen LogP contribution in [0.4, 0.5) is 0 Å². The number of hydrogen-bond acceptors (Lipinski definition) is 4. The molecule has 0 unspecified atom stereocenters. The maximum atomic E-state index is 4.29. The van der Waals surface area contributed by atoms with Crippen molar-refractivity contribution in [1.82, 2.24) is 29.7 Å². The van der Waals surface area contributed by atoms with Crippen LogP contribution in [0.3, 0.4) is 0 Å². The van der Waals surface area contributed by atoms with E-state index in [9.17, 15) is 0 Å². The number of nitrogens with one attached hydrogen (secondary N) is 2. The van der Waals surface area contributed by atoms with Gasteiger partial charge in [0.15, 0.2) is 5.65 Å². The molecule has 18 heavy (non-hydrogen) atoms. The first-order valence-electron chi connectivity index (χ1n) is 5.48. The van der Waals surface area contributed by atoms with Gasteiger partial charge in [-0.05, 0) is 15.9 Å². The molecule has 6 nitrogen and oxygen atoms in total. The van der Waals surface area contributed by atoms with E-state index in [1.165, 1.54) is 0 Å². The molecule has 0 atom stereocenters. The molecule has 0 bridgehead atoms. The van der Waals surface area contributed by atoms with Crippen LogP contribution in [0.1, 0.15) is 11.4 Å². The third-order valence-electron chi connectivity index (χ3n) is 2.62. The molecule has 0 aliphatic carbocycles. The third kappa shape index (κ3) is 2.27. The van der Waals surface area contributed by atoms with Crippen LogP contribution in [-0.2, 0) is 13.1 Å². The minimum absolute atomic E-state index is 0.733. The van der Waals surface area contributed by atoms with E-state index in [0.29, 0.717) is 0 Å². The second-order valence-electron chi connectivity index (χ2n) is 3.87. The second-order valence-corrected chi connectivity index (χ2v) is 4.68. The first-order chi connectivity index (χ1) is 8.83. The summed E-state index contributed by atoms with van der Waals surface area (Å²) in [7, 11) is 0. The van der Waals surface area contributed by atoms with Gasteiger partial charge < -0.3 is 10.3 Å². The van der Waals surface area contributed by atoms with Crippen LogP contribution in [-0.4, -0.2) is 24.3 Å². The molecule has 2 N–H and O–H groups in total. The molecule has 0 fully saturated rings. The average molecular weight is 307 g/mol. The Hall–Kier alpha value is -1.73. The molecule has 92 valence electrons. The Labute approximate surface area is 112 Å². The number of imidazole rings is 2. The Morgan fingerprint density at radius 1 is 1.22 bits per heavy atom. The summed E-state index contributed by atoms with van der Waals surface area (Å²) in [6.45, 7) is 1.48. The van der Waals surface area contributed by atoms with E-state index in [1.807, 2.05) is 23.0 Å². The molecule has 0 saturated heterocycles. The fourth-order valence-corrected chi connectivity index (χ4v) is 2.06. The van der Waals surface area contributed by atoms with Gasteiger partial charge in [0.1, 0.15) is 4.60 Å². The van der Waals surface area contributed by atoms with Gasteiger partial charge in [-0.25, -0.2) is 15.0 Å². The number of halogens is 1. The molecule has 3 aromatic heterocycles. The van der Waals surface area contributed by atoms with E-state index in [-0.39, 0.29) is 0 Å². The lowest BCUT2D eigenvalue weighted by atomic mass is 10.4. The fraction of sp³-hybridized carbons (Fsp3) is 0.182. The highest BCUT2D eigenvalue weighted by molar-refractivity contribution is 9.10. The van der Waals surface area contributed by atoms with Crippen LogP contribution in [0.15, 0.2) is 35.7 Å². The number of H-pyrrole nitrogens is 1. The summed E-state index contributed by atoms with van der Waals surface area (Å²) < 4.78 is 2.81. The van der Waals surface area contributed by atoms with Crippen molar-refractivity contribution in [2.75, 3.05) is 0 Å². The zero-order valence-electron chi connectivity index (χ0n) is 9.47. The minimum Gasteiger partial charge on any atom is -0.347 e. The van der Waals surface area contributed by atoms with E-state index < -0.39 is 0 Å². The Morgan fingerprint density at radius 3 is 3.00 bits per heavy atom. The second kappa shape index (κ2) is 4.87. The lowest BCUT2D eigenvalue weighted by Gasteiger charge is -2.03. The number of rotatable bonds is 4. The monoisotopic (exact) mass is 306 g/mol. The molecule has 0 aromatic carbocycles. The van der Waals surface area contributed by atoms with Gasteiger partial charge in [0.05, 0.1) is 24.4 Å². The lowest BCUT2D eigenvalue weighted by Crippen LogP contribution is -2.14. The average Bonchev–Trinajstić information content (AvgIpc) is 2.99. The minimum atomic E-state index is 0.733. The maximum absolute atomic E-state index is 4.29. The van der Waals surface area contributed by atoms with Crippen molar-refractivity contribution in [3.05, 3.63) is 47.1 Å². The number of nitrogens with zero attached hydrogens (tertiary/aromatic N) is 4. The maximum Gasteiger partial charge on any atom is 0.155 e. The van der Waals surface area contributed by atoms with Crippen molar-refractivity contribution in [1.29, 1.82) is 0 Å². The van der Waals surface area contributed by atoms with E-state index in [4.69, 9.17) is 0 Å². The first kappa shape index (κ1) is 11.4. The summed E-state index contributed by atoms with van der Waals surface area (Å²) in [4.78, 5) is 15.5. The number of aromatic amines is 1. The molecule has 0 aliphatic heterocycles. The first-order valence-corrected chi connectivity index (χ1v) is 6.27. The van der Waals surface area contributed by atoms with Crippen molar-refractivity contribution >= 4 is 21.6 Å². The summed E-state index contributed by atoms with van der Waals surface area (Å²) in [5.74, 6) is 0. The van der Waals surface area contributed by atoms with Crippen LogP contribution in [0.5, 0.6) is 0 Å².